The standard InChI is InChI=1S/C14H19ClN2O/c1-10(11-5-4-6-12(15)9-11)17-14(18)13-7-2-3-8-16-13/h4-6,9-10,13,16H,2-3,7-8H2,1H3,(H,17,18). The second-order valence-corrected chi connectivity index (χ2v) is 5.22. The summed E-state index contributed by atoms with van der Waals surface area (Å²) < 4.78 is 0. The molecule has 1 heterocycles. The van der Waals surface area contributed by atoms with Crippen molar-refractivity contribution in [2.45, 2.75) is 38.3 Å². The minimum Gasteiger partial charge on any atom is -0.348 e. The molecule has 1 fully saturated rings. The predicted molar refractivity (Wildman–Crippen MR) is 73.7 cm³/mol. The molecule has 98 valence electrons. The summed E-state index contributed by atoms with van der Waals surface area (Å²) in [6, 6.07) is 7.55. The summed E-state index contributed by atoms with van der Waals surface area (Å²) >= 11 is 5.95. The van der Waals surface area contributed by atoms with Crippen molar-refractivity contribution in [3.8, 4) is 0 Å². The van der Waals surface area contributed by atoms with E-state index < -0.39 is 0 Å². The Morgan fingerprint density at radius 3 is 3.00 bits per heavy atom. The first-order valence-electron chi connectivity index (χ1n) is 6.46. The van der Waals surface area contributed by atoms with Crippen LogP contribution in [-0.4, -0.2) is 18.5 Å². The van der Waals surface area contributed by atoms with Crippen LogP contribution >= 0.6 is 11.6 Å². The summed E-state index contributed by atoms with van der Waals surface area (Å²) in [6.07, 6.45) is 3.21. The molecule has 2 N–H and O–H groups in total. The zero-order valence-electron chi connectivity index (χ0n) is 10.6. The van der Waals surface area contributed by atoms with Crippen LogP contribution < -0.4 is 10.6 Å². The Morgan fingerprint density at radius 1 is 1.50 bits per heavy atom. The highest BCUT2D eigenvalue weighted by molar-refractivity contribution is 6.30. The molecule has 0 aromatic heterocycles. The van der Waals surface area contributed by atoms with E-state index in [1.165, 1.54) is 0 Å². The first-order chi connectivity index (χ1) is 8.66. The number of hydrogen-bond acceptors (Lipinski definition) is 2. The molecule has 0 aliphatic carbocycles. The zero-order chi connectivity index (χ0) is 13.0. The molecule has 0 saturated carbocycles. The maximum atomic E-state index is 12.1. The van der Waals surface area contributed by atoms with Crippen molar-refractivity contribution in [3.05, 3.63) is 34.9 Å². The largest absolute Gasteiger partial charge is 0.348 e. The van der Waals surface area contributed by atoms with Crippen molar-refractivity contribution in [2.24, 2.45) is 0 Å². The minimum absolute atomic E-state index is 0.0140. The van der Waals surface area contributed by atoms with Gasteiger partial charge < -0.3 is 10.6 Å². The highest BCUT2D eigenvalue weighted by atomic mass is 35.5. The van der Waals surface area contributed by atoms with Crippen LogP contribution in [-0.2, 0) is 4.79 Å². The minimum atomic E-state index is -0.0413. The van der Waals surface area contributed by atoms with Crippen molar-refractivity contribution >= 4 is 17.5 Å². The van der Waals surface area contributed by atoms with Crippen LogP contribution in [0.25, 0.3) is 0 Å². The van der Waals surface area contributed by atoms with E-state index in [1.54, 1.807) is 0 Å². The van der Waals surface area contributed by atoms with Crippen molar-refractivity contribution in [2.75, 3.05) is 6.54 Å². The van der Waals surface area contributed by atoms with Gasteiger partial charge in [-0.2, -0.15) is 0 Å². The van der Waals surface area contributed by atoms with Crippen LogP contribution in [0.3, 0.4) is 0 Å². The lowest BCUT2D eigenvalue weighted by molar-refractivity contribution is -0.124. The number of rotatable bonds is 3. The number of hydrogen-bond donors (Lipinski definition) is 2. The molecule has 0 bridgehead atoms. The van der Waals surface area contributed by atoms with Crippen LogP contribution in [0.1, 0.15) is 37.8 Å². The van der Waals surface area contributed by atoms with E-state index in [2.05, 4.69) is 10.6 Å². The second-order valence-electron chi connectivity index (χ2n) is 4.79. The van der Waals surface area contributed by atoms with E-state index in [0.29, 0.717) is 5.02 Å². The van der Waals surface area contributed by atoms with E-state index in [9.17, 15) is 4.79 Å². The third kappa shape index (κ3) is 3.47. The molecular formula is C14H19ClN2O. The fraction of sp³-hybridized carbons (Fsp3) is 0.500. The third-order valence-electron chi connectivity index (χ3n) is 3.33. The molecule has 0 radical (unpaired) electrons. The van der Waals surface area contributed by atoms with E-state index in [4.69, 9.17) is 11.6 Å². The fourth-order valence-electron chi connectivity index (χ4n) is 2.25. The van der Waals surface area contributed by atoms with Crippen molar-refractivity contribution in [1.29, 1.82) is 0 Å². The maximum absolute atomic E-state index is 12.1. The van der Waals surface area contributed by atoms with Crippen LogP contribution in [0.4, 0.5) is 0 Å². The van der Waals surface area contributed by atoms with Gasteiger partial charge in [0, 0.05) is 5.02 Å². The number of nitrogens with one attached hydrogen (secondary N) is 2. The molecule has 1 amide bonds. The Bertz CT molecular complexity index is 416. The van der Waals surface area contributed by atoms with Gasteiger partial charge in [0.05, 0.1) is 12.1 Å². The van der Waals surface area contributed by atoms with Crippen molar-refractivity contribution in [1.82, 2.24) is 10.6 Å². The number of piperidine rings is 1. The first kappa shape index (κ1) is 13.4. The lowest BCUT2D eigenvalue weighted by atomic mass is 10.0. The molecule has 2 atom stereocenters. The smallest absolute Gasteiger partial charge is 0.237 e. The number of carbonyl (C=O) groups is 1. The average molecular weight is 267 g/mol. The van der Waals surface area contributed by atoms with Crippen LogP contribution in [0.15, 0.2) is 24.3 Å². The Balaban J connectivity index is 1.94. The number of amides is 1. The van der Waals surface area contributed by atoms with Crippen molar-refractivity contribution in [3.63, 3.8) is 0 Å². The molecule has 1 aliphatic heterocycles. The van der Waals surface area contributed by atoms with Gasteiger partial charge in [-0.3, -0.25) is 4.79 Å². The number of halogens is 1. The van der Waals surface area contributed by atoms with Crippen LogP contribution in [0.2, 0.25) is 5.02 Å². The van der Waals surface area contributed by atoms with Gasteiger partial charge in [0.2, 0.25) is 5.91 Å². The monoisotopic (exact) mass is 266 g/mol. The topological polar surface area (TPSA) is 41.1 Å². The quantitative estimate of drug-likeness (QED) is 0.883. The zero-order valence-corrected chi connectivity index (χ0v) is 11.3. The van der Waals surface area contributed by atoms with Gasteiger partial charge in [0.25, 0.3) is 0 Å². The highest BCUT2D eigenvalue weighted by Crippen LogP contribution is 2.18. The summed E-state index contributed by atoms with van der Waals surface area (Å²) in [5.74, 6) is 0.0853. The van der Waals surface area contributed by atoms with Crippen LogP contribution in [0.5, 0.6) is 0 Å². The van der Waals surface area contributed by atoms with E-state index in [0.717, 1.165) is 31.4 Å². The van der Waals surface area contributed by atoms with Gasteiger partial charge in [-0.15, -0.1) is 0 Å². The van der Waals surface area contributed by atoms with Gasteiger partial charge in [-0.1, -0.05) is 30.2 Å². The van der Waals surface area contributed by atoms with E-state index >= 15 is 0 Å². The second kappa shape index (κ2) is 6.21. The molecule has 4 heteroatoms. The SMILES string of the molecule is CC(NC(=O)C1CCCCN1)c1cccc(Cl)c1. The summed E-state index contributed by atoms with van der Waals surface area (Å²) in [4.78, 5) is 12.1. The van der Waals surface area contributed by atoms with Crippen LogP contribution in [0, 0.1) is 0 Å². The molecule has 1 aliphatic rings. The lowest BCUT2D eigenvalue weighted by Gasteiger charge is -2.24. The summed E-state index contributed by atoms with van der Waals surface area (Å²) in [7, 11) is 0. The van der Waals surface area contributed by atoms with Gasteiger partial charge in [0.1, 0.15) is 0 Å². The van der Waals surface area contributed by atoms with Gasteiger partial charge >= 0.3 is 0 Å². The summed E-state index contributed by atoms with van der Waals surface area (Å²) in [5, 5.41) is 6.98. The Kier molecular flexibility index (Phi) is 4.61. The Labute approximate surface area is 113 Å². The van der Waals surface area contributed by atoms with Gasteiger partial charge in [-0.05, 0) is 44.0 Å². The Morgan fingerprint density at radius 2 is 2.33 bits per heavy atom. The van der Waals surface area contributed by atoms with Crippen molar-refractivity contribution < 1.29 is 4.79 Å². The maximum Gasteiger partial charge on any atom is 0.237 e. The van der Waals surface area contributed by atoms with E-state index in [1.807, 2.05) is 31.2 Å². The molecule has 1 saturated heterocycles. The lowest BCUT2D eigenvalue weighted by Crippen LogP contribution is -2.47. The molecular weight excluding hydrogens is 248 g/mol. The molecule has 0 spiro atoms. The number of carbonyl (C=O) groups excluding carboxylic acids is 1. The molecule has 3 nitrogen and oxygen atoms in total. The molecule has 18 heavy (non-hydrogen) atoms. The number of benzene rings is 1. The summed E-state index contributed by atoms with van der Waals surface area (Å²) in [6.45, 7) is 2.91. The highest BCUT2D eigenvalue weighted by Gasteiger charge is 2.21. The normalized spacial score (nSPS) is 21.3. The molecule has 1 aromatic rings. The van der Waals surface area contributed by atoms with Gasteiger partial charge in [-0.25, -0.2) is 0 Å². The third-order valence-corrected chi connectivity index (χ3v) is 3.57. The molecule has 2 unspecified atom stereocenters. The first-order valence-corrected chi connectivity index (χ1v) is 6.84. The van der Waals surface area contributed by atoms with Gasteiger partial charge in [0.15, 0.2) is 0 Å². The molecule has 1 aromatic carbocycles. The fourth-order valence-corrected chi connectivity index (χ4v) is 2.45. The molecule has 2 rings (SSSR count). The van der Waals surface area contributed by atoms with E-state index in [-0.39, 0.29) is 18.0 Å². The average Bonchev–Trinajstić information content (AvgIpc) is 2.39. The Hall–Kier alpha value is -1.06. The summed E-state index contributed by atoms with van der Waals surface area (Å²) in [5.41, 5.74) is 1.03. The predicted octanol–water partition coefficient (Wildman–Crippen LogP) is 2.66.